The van der Waals surface area contributed by atoms with Gasteiger partial charge >= 0.3 is 6.18 Å². The Hall–Kier alpha value is -2.87. The summed E-state index contributed by atoms with van der Waals surface area (Å²) in [6.45, 7) is 2.69. The van der Waals surface area contributed by atoms with E-state index in [-0.39, 0.29) is 5.56 Å². The van der Waals surface area contributed by atoms with E-state index in [1.165, 1.54) is 29.9 Å². The van der Waals surface area contributed by atoms with E-state index in [1.54, 1.807) is 30.5 Å². The van der Waals surface area contributed by atoms with Gasteiger partial charge in [-0.3, -0.25) is 9.36 Å². The number of pyridine rings is 1. The van der Waals surface area contributed by atoms with Gasteiger partial charge in [0.2, 0.25) is 0 Å². The number of hydrogen-bond acceptors (Lipinski definition) is 4. The molecule has 32 heavy (non-hydrogen) atoms. The molecule has 1 aromatic heterocycles. The van der Waals surface area contributed by atoms with Crippen molar-refractivity contribution < 1.29 is 22.6 Å². The molecule has 1 heterocycles. The normalized spacial score (nSPS) is 11.4. The minimum Gasteiger partial charge on any atom is -0.493 e. The highest BCUT2D eigenvalue weighted by molar-refractivity contribution is 7.99. The van der Waals surface area contributed by atoms with Gasteiger partial charge in [0.25, 0.3) is 5.56 Å². The maximum absolute atomic E-state index is 12.8. The molecule has 0 aliphatic heterocycles. The molecule has 0 N–H and O–H groups in total. The van der Waals surface area contributed by atoms with E-state index in [1.807, 2.05) is 11.8 Å². The first-order chi connectivity index (χ1) is 15.3. The summed E-state index contributed by atoms with van der Waals surface area (Å²) in [4.78, 5) is 12.7. The summed E-state index contributed by atoms with van der Waals surface area (Å²) < 4.78 is 50.9. The summed E-state index contributed by atoms with van der Waals surface area (Å²) in [5, 5.41) is 0. The van der Waals surface area contributed by atoms with Crippen LogP contribution in [0.5, 0.6) is 11.5 Å². The Labute approximate surface area is 189 Å². The molecule has 0 saturated carbocycles. The molecule has 0 atom stereocenters. The highest BCUT2D eigenvalue weighted by atomic mass is 32.2. The monoisotopic (exact) mass is 463 g/mol. The third kappa shape index (κ3) is 5.88. The average molecular weight is 464 g/mol. The molecule has 3 aromatic rings. The van der Waals surface area contributed by atoms with Gasteiger partial charge in [-0.25, -0.2) is 0 Å². The predicted molar refractivity (Wildman–Crippen MR) is 122 cm³/mol. The second kappa shape index (κ2) is 10.6. The average Bonchev–Trinajstić information content (AvgIpc) is 2.78. The van der Waals surface area contributed by atoms with E-state index < -0.39 is 11.7 Å². The molecule has 0 bridgehead atoms. The number of ether oxygens (including phenoxy) is 2. The maximum Gasteiger partial charge on any atom is 0.416 e. The van der Waals surface area contributed by atoms with Crippen LogP contribution in [0.2, 0.25) is 0 Å². The van der Waals surface area contributed by atoms with Crippen molar-refractivity contribution in [3.63, 3.8) is 0 Å². The van der Waals surface area contributed by atoms with Crippen molar-refractivity contribution in [1.82, 2.24) is 4.57 Å². The second-order valence-electron chi connectivity index (χ2n) is 6.93. The zero-order valence-electron chi connectivity index (χ0n) is 17.8. The molecular weight excluding hydrogens is 439 g/mol. The molecule has 4 nitrogen and oxygen atoms in total. The number of methoxy groups -OCH3 is 1. The largest absolute Gasteiger partial charge is 0.493 e. The first-order valence-corrected chi connectivity index (χ1v) is 11.3. The summed E-state index contributed by atoms with van der Waals surface area (Å²) in [5.41, 5.74) is 0.629. The van der Waals surface area contributed by atoms with Crippen LogP contribution in [0.1, 0.15) is 18.9 Å². The number of alkyl halides is 3. The zero-order chi connectivity index (χ0) is 23.1. The Kier molecular flexibility index (Phi) is 7.90. The molecule has 0 aliphatic rings. The Morgan fingerprint density at radius 1 is 0.969 bits per heavy atom. The van der Waals surface area contributed by atoms with Crippen molar-refractivity contribution in [3.05, 3.63) is 76.7 Å². The van der Waals surface area contributed by atoms with Gasteiger partial charge in [0.1, 0.15) is 0 Å². The third-order valence-electron chi connectivity index (χ3n) is 4.79. The fourth-order valence-corrected chi connectivity index (χ4v) is 3.75. The van der Waals surface area contributed by atoms with Gasteiger partial charge in [-0.15, -0.1) is 0 Å². The molecule has 170 valence electrons. The van der Waals surface area contributed by atoms with Crippen LogP contribution in [0.25, 0.3) is 16.8 Å². The molecule has 3 rings (SSSR count). The number of halogens is 3. The van der Waals surface area contributed by atoms with Crippen LogP contribution in [-0.2, 0) is 6.18 Å². The van der Waals surface area contributed by atoms with E-state index in [0.29, 0.717) is 34.9 Å². The summed E-state index contributed by atoms with van der Waals surface area (Å²) in [6.07, 6.45) is -1.88. The Bertz CT molecular complexity index is 1090. The lowest BCUT2D eigenvalue weighted by Crippen LogP contribution is -2.16. The number of aromatic nitrogens is 1. The van der Waals surface area contributed by atoms with E-state index in [9.17, 15) is 18.0 Å². The van der Waals surface area contributed by atoms with E-state index in [4.69, 9.17) is 9.47 Å². The molecular formula is C24H24F3NO3S. The zero-order valence-corrected chi connectivity index (χ0v) is 18.6. The fourth-order valence-electron chi connectivity index (χ4n) is 3.14. The molecule has 0 amide bonds. The van der Waals surface area contributed by atoms with Gasteiger partial charge < -0.3 is 9.47 Å². The summed E-state index contributed by atoms with van der Waals surface area (Å²) in [6, 6.07) is 13.0. The Balaban J connectivity index is 1.79. The lowest BCUT2D eigenvalue weighted by molar-refractivity contribution is -0.137. The molecule has 0 aliphatic carbocycles. The quantitative estimate of drug-likeness (QED) is 0.362. The van der Waals surface area contributed by atoms with Gasteiger partial charge in [-0.2, -0.15) is 24.9 Å². The minimum absolute atomic E-state index is 0.310. The highest BCUT2D eigenvalue weighted by Crippen LogP contribution is 2.31. The highest BCUT2D eigenvalue weighted by Gasteiger charge is 2.29. The van der Waals surface area contributed by atoms with Gasteiger partial charge in [0.05, 0.1) is 25.0 Å². The topological polar surface area (TPSA) is 40.5 Å². The summed E-state index contributed by atoms with van der Waals surface area (Å²) >= 11 is 1.86. The van der Waals surface area contributed by atoms with E-state index >= 15 is 0 Å². The first-order valence-electron chi connectivity index (χ1n) is 10.1. The van der Waals surface area contributed by atoms with Crippen LogP contribution in [0.3, 0.4) is 0 Å². The predicted octanol–water partition coefficient (Wildman–Crippen LogP) is 6.05. The first kappa shape index (κ1) is 23.8. The van der Waals surface area contributed by atoms with Crippen LogP contribution < -0.4 is 15.0 Å². The SMILES string of the molecule is CCSCCCOc1ccc(-n2ccc(-c3ccc(C(F)(F)F)cc3)cc2=O)cc1OC. The van der Waals surface area contributed by atoms with Crippen LogP contribution in [0.15, 0.2) is 65.6 Å². The molecule has 2 aromatic carbocycles. The molecule has 8 heteroatoms. The summed E-state index contributed by atoms with van der Waals surface area (Å²) in [5.74, 6) is 3.22. The summed E-state index contributed by atoms with van der Waals surface area (Å²) in [7, 11) is 1.54. The standard InChI is InChI=1S/C24H24F3NO3S/c1-3-32-14-4-13-31-21-10-9-20(16-22(21)30-2)28-12-11-18(15-23(28)29)17-5-7-19(8-6-17)24(25,26)27/h5-12,15-16H,3-4,13-14H2,1-2H3. The van der Waals surface area contributed by atoms with Crippen LogP contribution in [0, 0.1) is 0 Å². The lowest BCUT2D eigenvalue weighted by Gasteiger charge is -2.14. The fraction of sp³-hybridized carbons (Fsp3) is 0.292. The minimum atomic E-state index is -4.40. The van der Waals surface area contributed by atoms with Crippen LogP contribution >= 0.6 is 11.8 Å². The lowest BCUT2D eigenvalue weighted by atomic mass is 10.0. The van der Waals surface area contributed by atoms with E-state index in [2.05, 4.69) is 6.92 Å². The van der Waals surface area contributed by atoms with Crippen molar-refractivity contribution >= 4 is 11.8 Å². The second-order valence-corrected chi connectivity index (χ2v) is 8.33. The molecule has 0 fully saturated rings. The molecule has 0 saturated heterocycles. The third-order valence-corrected chi connectivity index (χ3v) is 5.77. The maximum atomic E-state index is 12.8. The van der Waals surface area contributed by atoms with Crippen molar-refractivity contribution in [3.8, 4) is 28.3 Å². The molecule has 0 unspecified atom stereocenters. The van der Waals surface area contributed by atoms with E-state index in [0.717, 1.165) is 30.1 Å². The molecule has 0 radical (unpaired) electrons. The Morgan fingerprint density at radius 3 is 2.34 bits per heavy atom. The van der Waals surface area contributed by atoms with Crippen molar-refractivity contribution in [2.24, 2.45) is 0 Å². The van der Waals surface area contributed by atoms with Crippen LogP contribution in [0.4, 0.5) is 13.2 Å². The number of nitrogens with zero attached hydrogens (tertiary/aromatic N) is 1. The van der Waals surface area contributed by atoms with Gasteiger partial charge in [-0.05, 0) is 59.4 Å². The van der Waals surface area contributed by atoms with Crippen molar-refractivity contribution in [2.75, 3.05) is 25.2 Å². The number of benzene rings is 2. The smallest absolute Gasteiger partial charge is 0.416 e. The van der Waals surface area contributed by atoms with Gasteiger partial charge in [0, 0.05) is 18.3 Å². The van der Waals surface area contributed by atoms with Gasteiger partial charge in [0.15, 0.2) is 11.5 Å². The number of hydrogen-bond donors (Lipinski definition) is 0. The Morgan fingerprint density at radius 2 is 1.72 bits per heavy atom. The van der Waals surface area contributed by atoms with Gasteiger partial charge in [-0.1, -0.05) is 19.1 Å². The molecule has 0 spiro atoms. The van der Waals surface area contributed by atoms with Crippen molar-refractivity contribution in [1.29, 1.82) is 0 Å². The van der Waals surface area contributed by atoms with Crippen molar-refractivity contribution in [2.45, 2.75) is 19.5 Å². The number of rotatable bonds is 9. The van der Waals surface area contributed by atoms with Crippen LogP contribution in [-0.4, -0.2) is 29.8 Å². The number of thioether (sulfide) groups is 1.